The number of carbonyl (C=O) groups is 1. The number of nitrogens with one attached hydrogen (secondary N) is 1. The quantitative estimate of drug-likeness (QED) is 0.893. The van der Waals surface area contributed by atoms with Gasteiger partial charge >= 0.3 is 5.97 Å². The van der Waals surface area contributed by atoms with Crippen LogP contribution in [0, 0.1) is 6.92 Å². The van der Waals surface area contributed by atoms with Gasteiger partial charge in [-0.2, -0.15) is 0 Å². The molecule has 0 aliphatic heterocycles. The molecule has 92 valence electrons. The first kappa shape index (κ1) is 12.6. The smallest absolute Gasteiger partial charge is 0.335 e. The molecule has 2 rings (SSSR count). The normalized spacial score (nSPS) is 10.1. The lowest BCUT2D eigenvalue weighted by molar-refractivity contribution is 0.0697. The molecule has 2 N–H and O–H groups in total. The van der Waals surface area contributed by atoms with Gasteiger partial charge in [-0.15, -0.1) is 0 Å². The summed E-state index contributed by atoms with van der Waals surface area (Å²) in [5, 5.41) is 12.1. The number of anilines is 2. The molecule has 0 aliphatic rings. The number of halogens is 1. The van der Waals surface area contributed by atoms with Crippen molar-refractivity contribution in [2.45, 2.75) is 6.92 Å². The van der Waals surface area contributed by atoms with Gasteiger partial charge in [-0.3, -0.25) is 0 Å². The van der Waals surface area contributed by atoms with Gasteiger partial charge in [0.1, 0.15) is 0 Å². The Morgan fingerprint density at radius 1 is 1.17 bits per heavy atom. The summed E-state index contributed by atoms with van der Waals surface area (Å²) in [6.07, 6.45) is 0. The number of benzene rings is 2. The summed E-state index contributed by atoms with van der Waals surface area (Å²) < 4.78 is 1.04. The van der Waals surface area contributed by atoms with Gasteiger partial charge in [0, 0.05) is 15.8 Å². The zero-order chi connectivity index (χ0) is 13.1. The highest BCUT2D eigenvalue weighted by Gasteiger charge is 2.04. The number of carboxylic acid groups (broad SMARTS) is 1. The van der Waals surface area contributed by atoms with Gasteiger partial charge in [-0.25, -0.2) is 4.79 Å². The molecule has 2 aromatic carbocycles. The molecule has 0 fully saturated rings. The predicted octanol–water partition coefficient (Wildman–Crippen LogP) is 4.20. The predicted molar refractivity (Wildman–Crippen MR) is 75.6 cm³/mol. The first-order valence-electron chi connectivity index (χ1n) is 5.43. The minimum atomic E-state index is -0.916. The molecule has 18 heavy (non-hydrogen) atoms. The maximum atomic E-state index is 10.7. The number of hydrogen-bond donors (Lipinski definition) is 2. The third-order valence-electron chi connectivity index (χ3n) is 2.68. The average Bonchev–Trinajstić information content (AvgIpc) is 2.36. The monoisotopic (exact) mass is 305 g/mol. The fourth-order valence-corrected chi connectivity index (χ4v) is 1.96. The highest BCUT2D eigenvalue weighted by Crippen LogP contribution is 2.26. The van der Waals surface area contributed by atoms with Crippen LogP contribution in [0.5, 0.6) is 0 Å². The van der Waals surface area contributed by atoms with Crippen LogP contribution in [0.3, 0.4) is 0 Å². The maximum absolute atomic E-state index is 10.7. The molecular formula is C14H12BrNO2. The number of hydrogen-bond acceptors (Lipinski definition) is 2. The van der Waals surface area contributed by atoms with E-state index in [4.69, 9.17) is 5.11 Å². The van der Waals surface area contributed by atoms with E-state index in [0.717, 1.165) is 21.4 Å². The van der Waals surface area contributed by atoms with Crippen molar-refractivity contribution >= 4 is 33.3 Å². The Balaban J connectivity index is 2.24. The molecule has 0 aromatic heterocycles. The van der Waals surface area contributed by atoms with Crippen molar-refractivity contribution in [3.05, 3.63) is 58.1 Å². The average molecular weight is 306 g/mol. The van der Waals surface area contributed by atoms with E-state index in [1.165, 1.54) is 0 Å². The fraction of sp³-hybridized carbons (Fsp3) is 0.0714. The second kappa shape index (κ2) is 5.23. The van der Waals surface area contributed by atoms with Crippen molar-refractivity contribution in [1.29, 1.82) is 0 Å². The molecule has 2 aromatic rings. The lowest BCUT2D eigenvalue weighted by Crippen LogP contribution is -1.97. The lowest BCUT2D eigenvalue weighted by atomic mass is 10.1. The van der Waals surface area contributed by atoms with Crippen molar-refractivity contribution in [1.82, 2.24) is 0 Å². The van der Waals surface area contributed by atoms with E-state index in [0.29, 0.717) is 0 Å². The zero-order valence-corrected chi connectivity index (χ0v) is 11.4. The first-order chi connectivity index (χ1) is 8.58. The Labute approximate surface area is 114 Å². The summed E-state index contributed by atoms with van der Waals surface area (Å²) in [6, 6.07) is 12.6. The Morgan fingerprint density at radius 3 is 2.44 bits per heavy atom. The molecule has 0 radical (unpaired) electrons. The minimum Gasteiger partial charge on any atom is -0.478 e. The van der Waals surface area contributed by atoms with E-state index in [1.807, 2.05) is 25.1 Å². The van der Waals surface area contributed by atoms with E-state index in [1.54, 1.807) is 24.3 Å². The molecule has 3 nitrogen and oxygen atoms in total. The van der Waals surface area contributed by atoms with E-state index in [-0.39, 0.29) is 5.56 Å². The SMILES string of the molecule is Cc1c(Br)cccc1Nc1ccc(C(=O)O)cc1. The highest BCUT2D eigenvalue weighted by molar-refractivity contribution is 9.10. The van der Waals surface area contributed by atoms with E-state index in [9.17, 15) is 4.79 Å². The van der Waals surface area contributed by atoms with Gasteiger partial charge in [0.15, 0.2) is 0 Å². The number of carboxylic acids is 1. The van der Waals surface area contributed by atoms with Gasteiger partial charge in [0.05, 0.1) is 5.56 Å². The third kappa shape index (κ3) is 2.71. The molecule has 4 heteroatoms. The molecule has 0 saturated carbocycles. The van der Waals surface area contributed by atoms with Gasteiger partial charge in [0.2, 0.25) is 0 Å². The van der Waals surface area contributed by atoms with Crippen LogP contribution in [0.4, 0.5) is 11.4 Å². The largest absolute Gasteiger partial charge is 0.478 e. The molecule has 0 saturated heterocycles. The van der Waals surface area contributed by atoms with Crippen LogP contribution in [0.2, 0.25) is 0 Å². The summed E-state index contributed by atoms with van der Waals surface area (Å²) in [5.41, 5.74) is 3.25. The highest BCUT2D eigenvalue weighted by atomic mass is 79.9. The summed E-state index contributed by atoms with van der Waals surface area (Å²) in [4.78, 5) is 10.7. The molecule has 0 amide bonds. The standard InChI is InChI=1S/C14H12BrNO2/c1-9-12(15)3-2-4-13(9)16-11-7-5-10(6-8-11)14(17)18/h2-8,16H,1H3,(H,17,18). The van der Waals surface area contributed by atoms with Crippen LogP contribution in [0.15, 0.2) is 46.9 Å². The van der Waals surface area contributed by atoms with Crippen LogP contribution < -0.4 is 5.32 Å². The molecule has 0 bridgehead atoms. The molecule has 0 spiro atoms. The van der Waals surface area contributed by atoms with Gasteiger partial charge in [0.25, 0.3) is 0 Å². The Kier molecular flexibility index (Phi) is 3.67. The summed E-state index contributed by atoms with van der Waals surface area (Å²) in [5.74, 6) is -0.916. The van der Waals surface area contributed by atoms with Crippen LogP contribution >= 0.6 is 15.9 Å². The summed E-state index contributed by atoms with van der Waals surface area (Å²) in [6.45, 7) is 2.01. The Hall–Kier alpha value is -1.81. The van der Waals surface area contributed by atoms with Crippen LogP contribution in [-0.2, 0) is 0 Å². The van der Waals surface area contributed by atoms with Gasteiger partial charge < -0.3 is 10.4 Å². The van der Waals surface area contributed by atoms with Crippen molar-refractivity contribution in [2.75, 3.05) is 5.32 Å². The lowest BCUT2D eigenvalue weighted by Gasteiger charge is -2.10. The first-order valence-corrected chi connectivity index (χ1v) is 6.23. The van der Waals surface area contributed by atoms with Crippen LogP contribution in [-0.4, -0.2) is 11.1 Å². The van der Waals surface area contributed by atoms with Gasteiger partial charge in [-0.1, -0.05) is 22.0 Å². The Bertz CT molecular complexity index is 579. The molecular weight excluding hydrogens is 294 g/mol. The summed E-state index contributed by atoms with van der Waals surface area (Å²) in [7, 11) is 0. The zero-order valence-electron chi connectivity index (χ0n) is 9.77. The second-order valence-electron chi connectivity index (χ2n) is 3.92. The van der Waals surface area contributed by atoms with Crippen molar-refractivity contribution in [2.24, 2.45) is 0 Å². The van der Waals surface area contributed by atoms with Crippen LogP contribution in [0.25, 0.3) is 0 Å². The molecule has 0 atom stereocenters. The topological polar surface area (TPSA) is 49.3 Å². The second-order valence-corrected chi connectivity index (χ2v) is 4.77. The molecule has 0 unspecified atom stereocenters. The minimum absolute atomic E-state index is 0.284. The Morgan fingerprint density at radius 2 is 1.83 bits per heavy atom. The number of aromatic carboxylic acids is 1. The van der Waals surface area contributed by atoms with Gasteiger partial charge in [-0.05, 0) is 48.9 Å². The summed E-state index contributed by atoms with van der Waals surface area (Å²) >= 11 is 3.47. The van der Waals surface area contributed by atoms with Crippen molar-refractivity contribution < 1.29 is 9.90 Å². The fourth-order valence-electron chi connectivity index (χ4n) is 1.59. The van der Waals surface area contributed by atoms with Crippen molar-refractivity contribution in [3.8, 4) is 0 Å². The molecule has 0 heterocycles. The van der Waals surface area contributed by atoms with Crippen LogP contribution in [0.1, 0.15) is 15.9 Å². The van der Waals surface area contributed by atoms with Crippen molar-refractivity contribution in [3.63, 3.8) is 0 Å². The van der Waals surface area contributed by atoms with E-state index < -0.39 is 5.97 Å². The maximum Gasteiger partial charge on any atom is 0.335 e. The van der Waals surface area contributed by atoms with E-state index in [2.05, 4.69) is 21.2 Å². The number of rotatable bonds is 3. The third-order valence-corrected chi connectivity index (χ3v) is 3.54. The van der Waals surface area contributed by atoms with E-state index >= 15 is 0 Å². The molecule has 0 aliphatic carbocycles.